The maximum absolute atomic E-state index is 12.3. The van der Waals surface area contributed by atoms with Gasteiger partial charge in [0, 0.05) is 24.4 Å². The van der Waals surface area contributed by atoms with Gasteiger partial charge in [-0.3, -0.25) is 14.5 Å². The summed E-state index contributed by atoms with van der Waals surface area (Å²) in [4.78, 5) is 31.4. The lowest BCUT2D eigenvalue weighted by Crippen LogP contribution is -2.32. The first kappa shape index (κ1) is 15.3. The van der Waals surface area contributed by atoms with Crippen LogP contribution in [-0.2, 0) is 0 Å². The van der Waals surface area contributed by atoms with Gasteiger partial charge in [-0.15, -0.1) is 4.73 Å². The summed E-state index contributed by atoms with van der Waals surface area (Å²) in [5.41, 5.74) is 1.66. The standard InChI is InChI=1S/C19H16N2O4/c22-17-12-13-6-1-4-9-16(13)21(17)25-11-5-10-20-18(23)14-7-2-3-8-15(14)19(20)24/h1-4,6-9,12,22H,5,10-11H2. The molecule has 4 rings (SSSR count). The first-order valence-corrected chi connectivity index (χ1v) is 8.05. The van der Waals surface area contributed by atoms with Crippen molar-refractivity contribution >= 4 is 22.7 Å². The molecule has 0 spiro atoms. The van der Waals surface area contributed by atoms with Gasteiger partial charge >= 0.3 is 0 Å². The number of carbonyl (C=O) groups excluding carboxylic acids is 2. The zero-order valence-corrected chi connectivity index (χ0v) is 13.4. The Kier molecular flexibility index (Phi) is 3.65. The van der Waals surface area contributed by atoms with Crippen LogP contribution in [0.25, 0.3) is 10.9 Å². The molecule has 126 valence electrons. The van der Waals surface area contributed by atoms with Crippen molar-refractivity contribution in [2.24, 2.45) is 0 Å². The van der Waals surface area contributed by atoms with Crippen molar-refractivity contribution in [1.29, 1.82) is 0 Å². The second kappa shape index (κ2) is 5.98. The summed E-state index contributed by atoms with van der Waals surface area (Å²) in [7, 11) is 0. The minimum absolute atomic E-state index is 0.0157. The van der Waals surface area contributed by atoms with Crippen LogP contribution in [0, 0.1) is 0 Å². The molecule has 0 aliphatic carbocycles. The van der Waals surface area contributed by atoms with Crippen LogP contribution in [0.15, 0.2) is 54.6 Å². The number of nitrogens with zero attached hydrogens (tertiary/aromatic N) is 2. The molecule has 0 atom stereocenters. The van der Waals surface area contributed by atoms with E-state index in [4.69, 9.17) is 4.84 Å². The van der Waals surface area contributed by atoms with Crippen LogP contribution in [0.3, 0.4) is 0 Å². The molecule has 0 fully saturated rings. The van der Waals surface area contributed by atoms with Crippen molar-refractivity contribution in [3.8, 4) is 5.88 Å². The second-order valence-corrected chi connectivity index (χ2v) is 5.85. The number of benzene rings is 2. The Morgan fingerprint density at radius 1 is 0.920 bits per heavy atom. The predicted molar refractivity (Wildman–Crippen MR) is 91.5 cm³/mol. The van der Waals surface area contributed by atoms with Crippen LogP contribution in [0.2, 0.25) is 0 Å². The third-order valence-electron chi connectivity index (χ3n) is 4.27. The smallest absolute Gasteiger partial charge is 0.261 e. The SMILES string of the molecule is O=C1c2ccccc2C(=O)N1CCCOn1c(O)cc2ccccc21. The molecule has 2 amide bonds. The summed E-state index contributed by atoms with van der Waals surface area (Å²) in [6.07, 6.45) is 0.470. The summed E-state index contributed by atoms with van der Waals surface area (Å²) >= 11 is 0. The Labute approximate surface area is 143 Å². The molecule has 2 aromatic carbocycles. The third-order valence-corrected chi connectivity index (χ3v) is 4.27. The monoisotopic (exact) mass is 336 g/mol. The average molecular weight is 336 g/mol. The zero-order chi connectivity index (χ0) is 17.4. The molecule has 0 bridgehead atoms. The molecular weight excluding hydrogens is 320 g/mol. The lowest BCUT2D eigenvalue weighted by molar-refractivity contribution is 0.0608. The van der Waals surface area contributed by atoms with Gasteiger partial charge in [-0.1, -0.05) is 30.3 Å². The van der Waals surface area contributed by atoms with E-state index in [1.165, 1.54) is 9.63 Å². The molecule has 2 heterocycles. The number of fused-ring (bicyclic) bond motifs is 2. The number of imide groups is 1. The minimum atomic E-state index is -0.269. The predicted octanol–water partition coefficient (Wildman–Crippen LogP) is 2.46. The van der Waals surface area contributed by atoms with E-state index in [0.29, 0.717) is 17.5 Å². The van der Waals surface area contributed by atoms with Gasteiger partial charge in [0.05, 0.1) is 16.6 Å². The minimum Gasteiger partial charge on any atom is -0.492 e. The van der Waals surface area contributed by atoms with Crippen LogP contribution in [-0.4, -0.2) is 39.7 Å². The fourth-order valence-corrected chi connectivity index (χ4v) is 3.07. The third kappa shape index (κ3) is 2.52. The van der Waals surface area contributed by atoms with Crippen molar-refractivity contribution in [2.75, 3.05) is 13.2 Å². The molecule has 0 radical (unpaired) electrons. The number of rotatable bonds is 5. The number of amides is 2. The molecule has 6 heteroatoms. The number of aromatic hydroxyl groups is 1. The first-order valence-electron chi connectivity index (χ1n) is 8.05. The van der Waals surface area contributed by atoms with E-state index in [-0.39, 0.29) is 30.8 Å². The molecule has 1 aliphatic heterocycles. The van der Waals surface area contributed by atoms with E-state index < -0.39 is 0 Å². The molecule has 1 N–H and O–H groups in total. The van der Waals surface area contributed by atoms with Crippen LogP contribution in [0.1, 0.15) is 27.1 Å². The van der Waals surface area contributed by atoms with Gasteiger partial charge in [-0.2, -0.15) is 0 Å². The molecule has 0 saturated heterocycles. The highest BCUT2D eigenvalue weighted by atomic mass is 16.7. The Morgan fingerprint density at radius 2 is 1.56 bits per heavy atom. The summed E-state index contributed by atoms with van der Waals surface area (Å²) in [5.74, 6) is -0.522. The maximum atomic E-state index is 12.3. The van der Waals surface area contributed by atoms with Gasteiger partial charge in [0.1, 0.15) is 6.61 Å². The van der Waals surface area contributed by atoms with E-state index in [1.54, 1.807) is 30.3 Å². The van der Waals surface area contributed by atoms with Gasteiger partial charge in [0.25, 0.3) is 11.8 Å². The molecule has 0 unspecified atom stereocenters. The van der Waals surface area contributed by atoms with Gasteiger partial charge in [0.15, 0.2) is 0 Å². The Bertz CT molecular complexity index is 941. The molecule has 1 aliphatic rings. The summed E-state index contributed by atoms with van der Waals surface area (Å²) in [6, 6.07) is 15.9. The summed E-state index contributed by atoms with van der Waals surface area (Å²) < 4.78 is 1.36. The lowest BCUT2D eigenvalue weighted by atomic mass is 10.1. The Hall–Kier alpha value is -3.28. The molecule has 3 aromatic rings. The van der Waals surface area contributed by atoms with E-state index in [0.717, 1.165) is 10.9 Å². The van der Waals surface area contributed by atoms with Crippen LogP contribution in [0.5, 0.6) is 5.88 Å². The number of aromatic nitrogens is 1. The topological polar surface area (TPSA) is 71.8 Å². The normalized spacial score (nSPS) is 13.5. The number of para-hydroxylation sites is 1. The first-order chi connectivity index (χ1) is 12.2. The van der Waals surface area contributed by atoms with Gasteiger partial charge in [-0.05, 0) is 18.2 Å². The quantitative estimate of drug-likeness (QED) is 0.574. The van der Waals surface area contributed by atoms with Gasteiger partial charge < -0.3 is 9.94 Å². The van der Waals surface area contributed by atoms with Crippen LogP contribution >= 0.6 is 0 Å². The van der Waals surface area contributed by atoms with Crippen molar-refractivity contribution in [3.05, 3.63) is 65.7 Å². The summed E-state index contributed by atoms with van der Waals surface area (Å²) in [5, 5.41) is 10.8. The zero-order valence-electron chi connectivity index (χ0n) is 13.4. The van der Waals surface area contributed by atoms with E-state index >= 15 is 0 Å². The van der Waals surface area contributed by atoms with Gasteiger partial charge in [0.2, 0.25) is 5.88 Å². The Balaban J connectivity index is 1.40. The van der Waals surface area contributed by atoms with Gasteiger partial charge in [-0.25, -0.2) is 0 Å². The molecular formula is C19H16N2O4. The van der Waals surface area contributed by atoms with Crippen molar-refractivity contribution in [3.63, 3.8) is 0 Å². The highest BCUT2D eigenvalue weighted by Crippen LogP contribution is 2.24. The second-order valence-electron chi connectivity index (χ2n) is 5.85. The van der Waals surface area contributed by atoms with Crippen molar-refractivity contribution < 1.29 is 19.5 Å². The van der Waals surface area contributed by atoms with Crippen molar-refractivity contribution in [2.45, 2.75) is 6.42 Å². The maximum Gasteiger partial charge on any atom is 0.261 e. The largest absolute Gasteiger partial charge is 0.492 e. The van der Waals surface area contributed by atoms with Crippen LogP contribution in [0.4, 0.5) is 0 Å². The Morgan fingerprint density at radius 3 is 2.28 bits per heavy atom. The van der Waals surface area contributed by atoms with Crippen molar-refractivity contribution in [1.82, 2.24) is 9.63 Å². The molecule has 6 nitrogen and oxygen atoms in total. The fraction of sp³-hybridized carbons (Fsp3) is 0.158. The van der Waals surface area contributed by atoms with E-state index in [2.05, 4.69) is 0 Å². The average Bonchev–Trinajstić information content (AvgIpc) is 3.07. The highest BCUT2D eigenvalue weighted by Gasteiger charge is 2.34. The lowest BCUT2D eigenvalue weighted by Gasteiger charge is -2.14. The molecule has 1 aromatic heterocycles. The highest BCUT2D eigenvalue weighted by molar-refractivity contribution is 6.21. The number of carbonyl (C=O) groups is 2. The molecule has 0 saturated carbocycles. The van der Waals surface area contributed by atoms with E-state index in [1.807, 2.05) is 24.3 Å². The molecule has 25 heavy (non-hydrogen) atoms. The number of hydrogen-bond acceptors (Lipinski definition) is 4. The fourth-order valence-electron chi connectivity index (χ4n) is 3.07. The van der Waals surface area contributed by atoms with Crippen LogP contribution < -0.4 is 4.84 Å². The summed E-state index contributed by atoms with van der Waals surface area (Å²) in [6.45, 7) is 0.534. The van der Waals surface area contributed by atoms with E-state index in [9.17, 15) is 14.7 Å². The number of hydrogen-bond donors (Lipinski definition) is 1.